The van der Waals surface area contributed by atoms with Gasteiger partial charge in [0.15, 0.2) is 0 Å². The Morgan fingerprint density at radius 2 is 1.78 bits per heavy atom. The van der Waals surface area contributed by atoms with Gasteiger partial charge in [-0.15, -0.1) is 0 Å². The molecule has 1 aliphatic carbocycles. The van der Waals surface area contributed by atoms with Gasteiger partial charge < -0.3 is 9.88 Å². The van der Waals surface area contributed by atoms with Gasteiger partial charge in [0.25, 0.3) is 5.91 Å². The van der Waals surface area contributed by atoms with E-state index in [0.717, 1.165) is 6.42 Å². The summed E-state index contributed by atoms with van der Waals surface area (Å²) in [4.78, 5) is 12.7. The SMILES string of the molecule is CNS(=O)(=O)c1cc(C(=O)Nc2ccc3c(c2)Cc2ccccc2-3)n(C)c1. The van der Waals surface area contributed by atoms with Crippen molar-refractivity contribution >= 4 is 21.6 Å². The average molecular weight is 381 g/mol. The molecule has 1 amide bonds. The molecule has 0 saturated carbocycles. The number of rotatable bonds is 4. The molecular formula is C20H19N3O3S. The molecule has 0 atom stereocenters. The Hall–Kier alpha value is -2.90. The van der Waals surface area contributed by atoms with Crippen molar-refractivity contribution in [3.63, 3.8) is 0 Å². The second kappa shape index (κ2) is 6.37. The van der Waals surface area contributed by atoms with Crippen molar-refractivity contribution in [2.75, 3.05) is 12.4 Å². The van der Waals surface area contributed by atoms with Crippen LogP contribution in [0.1, 0.15) is 21.6 Å². The lowest BCUT2D eigenvalue weighted by molar-refractivity contribution is 0.101. The fourth-order valence-corrected chi connectivity index (χ4v) is 4.24. The zero-order valence-corrected chi connectivity index (χ0v) is 15.8. The summed E-state index contributed by atoms with van der Waals surface area (Å²) in [6, 6.07) is 15.5. The number of anilines is 1. The summed E-state index contributed by atoms with van der Waals surface area (Å²) in [6.45, 7) is 0. The van der Waals surface area contributed by atoms with Crippen molar-refractivity contribution in [2.45, 2.75) is 11.3 Å². The van der Waals surface area contributed by atoms with Crippen LogP contribution in [0.2, 0.25) is 0 Å². The molecule has 0 spiro atoms. The van der Waals surface area contributed by atoms with E-state index in [2.05, 4.69) is 22.2 Å². The van der Waals surface area contributed by atoms with E-state index in [1.54, 1.807) is 7.05 Å². The fourth-order valence-electron chi connectivity index (χ4n) is 3.44. The molecule has 0 radical (unpaired) electrons. The molecule has 27 heavy (non-hydrogen) atoms. The maximum atomic E-state index is 12.6. The largest absolute Gasteiger partial charge is 0.345 e. The summed E-state index contributed by atoms with van der Waals surface area (Å²) in [5, 5.41) is 2.86. The number of carbonyl (C=O) groups is 1. The van der Waals surface area contributed by atoms with E-state index in [9.17, 15) is 13.2 Å². The zero-order valence-electron chi connectivity index (χ0n) is 15.0. The number of carbonyl (C=O) groups excluding carboxylic acids is 1. The van der Waals surface area contributed by atoms with Crippen molar-refractivity contribution in [3.05, 3.63) is 71.5 Å². The molecule has 3 aromatic rings. The van der Waals surface area contributed by atoms with E-state index >= 15 is 0 Å². The first-order chi connectivity index (χ1) is 12.9. The molecule has 0 bridgehead atoms. The Bertz CT molecular complexity index is 1160. The van der Waals surface area contributed by atoms with E-state index in [0.29, 0.717) is 5.69 Å². The van der Waals surface area contributed by atoms with Crippen LogP contribution in [-0.4, -0.2) is 25.9 Å². The van der Waals surface area contributed by atoms with Crippen LogP contribution in [-0.2, 0) is 23.5 Å². The molecule has 1 heterocycles. The molecule has 6 nitrogen and oxygen atoms in total. The third-order valence-electron chi connectivity index (χ3n) is 4.84. The zero-order chi connectivity index (χ0) is 19.2. The van der Waals surface area contributed by atoms with Crippen molar-refractivity contribution < 1.29 is 13.2 Å². The molecule has 0 unspecified atom stereocenters. The monoisotopic (exact) mass is 381 g/mol. The highest BCUT2D eigenvalue weighted by atomic mass is 32.2. The smallest absolute Gasteiger partial charge is 0.272 e. The Balaban J connectivity index is 1.59. The quantitative estimate of drug-likeness (QED) is 0.570. The second-order valence-electron chi connectivity index (χ2n) is 6.54. The lowest BCUT2D eigenvalue weighted by atomic mass is 10.1. The number of sulfonamides is 1. The number of hydrogen-bond acceptors (Lipinski definition) is 3. The highest BCUT2D eigenvalue weighted by Crippen LogP contribution is 2.37. The lowest BCUT2D eigenvalue weighted by Gasteiger charge is -2.08. The topological polar surface area (TPSA) is 80.2 Å². The first kappa shape index (κ1) is 17.5. The number of amides is 1. The molecule has 0 aliphatic heterocycles. The molecule has 4 rings (SSSR count). The van der Waals surface area contributed by atoms with Crippen LogP contribution in [0.15, 0.2) is 59.6 Å². The van der Waals surface area contributed by atoms with Crippen LogP contribution in [0, 0.1) is 0 Å². The van der Waals surface area contributed by atoms with Gasteiger partial charge >= 0.3 is 0 Å². The van der Waals surface area contributed by atoms with E-state index in [1.165, 1.54) is 46.1 Å². The van der Waals surface area contributed by atoms with Crippen molar-refractivity contribution in [2.24, 2.45) is 7.05 Å². The molecular weight excluding hydrogens is 362 g/mol. The Kier molecular flexibility index (Phi) is 4.13. The minimum absolute atomic E-state index is 0.0575. The minimum atomic E-state index is -3.60. The Morgan fingerprint density at radius 3 is 2.56 bits per heavy atom. The highest BCUT2D eigenvalue weighted by molar-refractivity contribution is 7.89. The third-order valence-corrected chi connectivity index (χ3v) is 6.22. The van der Waals surface area contributed by atoms with Gasteiger partial charge in [0.2, 0.25) is 10.0 Å². The molecule has 138 valence electrons. The van der Waals surface area contributed by atoms with Gasteiger partial charge in [-0.3, -0.25) is 4.79 Å². The summed E-state index contributed by atoms with van der Waals surface area (Å²) in [6.07, 6.45) is 2.25. The third kappa shape index (κ3) is 3.05. The number of aromatic nitrogens is 1. The maximum Gasteiger partial charge on any atom is 0.272 e. The van der Waals surface area contributed by atoms with Crippen molar-refractivity contribution in [1.29, 1.82) is 0 Å². The fraction of sp³-hybridized carbons (Fsp3) is 0.150. The minimum Gasteiger partial charge on any atom is -0.345 e. The van der Waals surface area contributed by atoms with E-state index in [1.807, 2.05) is 30.3 Å². The number of nitrogens with zero attached hydrogens (tertiary/aromatic N) is 1. The summed E-state index contributed by atoms with van der Waals surface area (Å²) < 4.78 is 27.6. The van der Waals surface area contributed by atoms with Crippen LogP contribution < -0.4 is 10.0 Å². The molecule has 1 aromatic heterocycles. The predicted molar refractivity (Wildman–Crippen MR) is 104 cm³/mol. The van der Waals surface area contributed by atoms with Crippen LogP contribution in [0.5, 0.6) is 0 Å². The molecule has 0 saturated heterocycles. The summed E-state index contributed by atoms with van der Waals surface area (Å²) in [7, 11) is -0.616. The molecule has 0 fully saturated rings. The van der Waals surface area contributed by atoms with E-state index in [4.69, 9.17) is 0 Å². The van der Waals surface area contributed by atoms with Gasteiger partial charge in [0.05, 0.1) is 0 Å². The number of benzene rings is 2. The van der Waals surface area contributed by atoms with Gasteiger partial charge in [-0.1, -0.05) is 30.3 Å². The number of aryl methyl sites for hydroxylation is 1. The normalized spacial score (nSPS) is 12.5. The van der Waals surface area contributed by atoms with Crippen LogP contribution in [0.4, 0.5) is 5.69 Å². The van der Waals surface area contributed by atoms with Crippen molar-refractivity contribution in [1.82, 2.24) is 9.29 Å². The van der Waals surface area contributed by atoms with Crippen LogP contribution >= 0.6 is 0 Å². The van der Waals surface area contributed by atoms with Gasteiger partial charge in [0, 0.05) is 18.9 Å². The average Bonchev–Trinajstić information content (AvgIpc) is 3.22. The summed E-state index contributed by atoms with van der Waals surface area (Å²) >= 11 is 0. The van der Waals surface area contributed by atoms with Gasteiger partial charge in [-0.2, -0.15) is 0 Å². The van der Waals surface area contributed by atoms with Crippen molar-refractivity contribution in [3.8, 4) is 11.1 Å². The first-order valence-corrected chi connectivity index (χ1v) is 10.00. The Labute approximate surface area is 157 Å². The van der Waals surface area contributed by atoms with E-state index in [-0.39, 0.29) is 16.5 Å². The highest BCUT2D eigenvalue weighted by Gasteiger charge is 2.21. The number of hydrogen-bond donors (Lipinski definition) is 2. The lowest BCUT2D eigenvalue weighted by Crippen LogP contribution is -2.18. The van der Waals surface area contributed by atoms with Crippen LogP contribution in [0.25, 0.3) is 11.1 Å². The van der Waals surface area contributed by atoms with E-state index < -0.39 is 10.0 Å². The van der Waals surface area contributed by atoms with Gasteiger partial charge in [-0.25, -0.2) is 13.1 Å². The first-order valence-electron chi connectivity index (χ1n) is 8.51. The van der Waals surface area contributed by atoms with Gasteiger partial charge in [-0.05, 0) is 53.9 Å². The van der Waals surface area contributed by atoms with Gasteiger partial charge in [0.1, 0.15) is 10.6 Å². The number of fused-ring (bicyclic) bond motifs is 3. The molecule has 2 aromatic carbocycles. The standard InChI is InChI=1S/C20H19N3O3S/c1-21-27(25,26)16-11-19(23(2)12-16)20(24)22-15-7-8-18-14(10-15)9-13-5-3-4-6-17(13)18/h3-8,10-12,21H,9H2,1-2H3,(H,22,24). The Morgan fingerprint density at radius 1 is 1.04 bits per heavy atom. The maximum absolute atomic E-state index is 12.6. The predicted octanol–water partition coefficient (Wildman–Crippen LogP) is 2.76. The second-order valence-corrected chi connectivity index (χ2v) is 8.43. The van der Waals surface area contributed by atoms with Crippen LogP contribution in [0.3, 0.4) is 0 Å². The summed E-state index contributed by atoms with van der Waals surface area (Å²) in [5.41, 5.74) is 5.82. The number of nitrogens with one attached hydrogen (secondary N) is 2. The molecule has 2 N–H and O–H groups in total. The summed E-state index contributed by atoms with van der Waals surface area (Å²) in [5.74, 6) is -0.356. The molecule has 1 aliphatic rings. The molecule has 7 heteroatoms.